The van der Waals surface area contributed by atoms with Gasteiger partial charge in [-0.05, 0) is 118 Å². The van der Waals surface area contributed by atoms with Gasteiger partial charge in [0.2, 0.25) is 20.0 Å². The Labute approximate surface area is 221 Å². The molecule has 37 heavy (non-hydrogen) atoms. The number of methoxy groups -OCH3 is 2. The highest BCUT2D eigenvalue weighted by molar-refractivity contribution is 7.89. The lowest BCUT2D eigenvalue weighted by Gasteiger charge is -2.34. The second kappa shape index (κ2) is 12.1. The summed E-state index contributed by atoms with van der Waals surface area (Å²) in [5.41, 5.74) is 0. The number of hydrogen-bond acceptors (Lipinski definition) is 6. The molecule has 4 rings (SSSR count). The van der Waals surface area contributed by atoms with E-state index in [1.807, 2.05) is 0 Å². The minimum atomic E-state index is -3.54. The predicted molar refractivity (Wildman–Crippen MR) is 143 cm³/mol. The lowest BCUT2D eigenvalue weighted by atomic mass is 9.76. The van der Waals surface area contributed by atoms with Gasteiger partial charge in [0.25, 0.3) is 0 Å². The molecular weight excluding hydrogens is 512 g/mol. The van der Waals surface area contributed by atoms with Crippen molar-refractivity contribution in [3.8, 4) is 11.5 Å². The van der Waals surface area contributed by atoms with Crippen LogP contribution in [0.4, 0.5) is 0 Å². The van der Waals surface area contributed by atoms with Gasteiger partial charge in [-0.1, -0.05) is 0 Å². The maximum atomic E-state index is 12.7. The van der Waals surface area contributed by atoms with Gasteiger partial charge in [0, 0.05) is 12.1 Å². The second-order valence-corrected chi connectivity index (χ2v) is 13.7. The summed E-state index contributed by atoms with van der Waals surface area (Å²) in [6, 6.07) is 12.8. The number of ether oxygens (including phenoxy) is 2. The number of benzene rings is 2. The van der Waals surface area contributed by atoms with Gasteiger partial charge in [0.1, 0.15) is 11.5 Å². The Kier molecular flexibility index (Phi) is 9.15. The van der Waals surface area contributed by atoms with Gasteiger partial charge in [0.15, 0.2) is 0 Å². The van der Waals surface area contributed by atoms with Crippen LogP contribution in [-0.4, -0.2) is 43.1 Å². The summed E-state index contributed by atoms with van der Waals surface area (Å²) in [5.74, 6) is 2.45. The Morgan fingerprint density at radius 1 is 0.595 bits per heavy atom. The van der Waals surface area contributed by atoms with Gasteiger partial charge < -0.3 is 9.47 Å². The zero-order valence-corrected chi connectivity index (χ0v) is 23.2. The van der Waals surface area contributed by atoms with Crippen molar-refractivity contribution in [1.29, 1.82) is 0 Å². The van der Waals surface area contributed by atoms with Crippen LogP contribution in [0.1, 0.15) is 57.8 Å². The fourth-order valence-electron chi connectivity index (χ4n) is 5.59. The second-order valence-electron chi connectivity index (χ2n) is 10.3. The molecule has 2 aliphatic carbocycles. The zero-order chi connectivity index (χ0) is 26.5. The quantitative estimate of drug-likeness (QED) is 0.452. The molecule has 0 aromatic heterocycles. The molecule has 0 unspecified atom stereocenters. The van der Waals surface area contributed by atoms with Crippen LogP contribution in [0.3, 0.4) is 0 Å². The van der Waals surface area contributed by atoms with Crippen LogP contribution in [0.5, 0.6) is 11.5 Å². The first kappa shape index (κ1) is 27.9. The van der Waals surface area contributed by atoms with E-state index in [1.165, 1.54) is 0 Å². The number of nitrogens with one attached hydrogen (secondary N) is 2. The normalized spacial score (nSPS) is 24.9. The van der Waals surface area contributed by atoms with Crippen molar-refractivity contribution in [3.05, 3.63) is 48.5 Å². The van der Waals surface area contributed by atoms with E-state index >= 15 is 0 Å². The SMILES string of the molecule is COc1ccc(S(=O)(=O)NC2CCC(CC3CCC(NS(=O)(=O)c4ccc(OC)cc4)CC3)CC2)cc1. The Balaban J connectivity index is 1.19. The first-order chi connectivity index (χ1) is 17.7. The molecule has 0 atom stereocenters. The molecule has 0 heterocycles. The van der Waals surface area contributed by atoms with E-state index in [0.717, 1.165) is 57.8 Å². The van der Waals surface area contributed by atoms with Crippen molar-refractivity contribution >= 4 is 20.0 Å². The summed E-state index contributed by atoms with van der Waals surface area (Å²) in [5, 5.41) is 0. The molecular formula is C27H38N2O6S2. The number of sulfonamides is 2. The molecule has 10 heteroatoms. The lowest BCUT2D eigenvalue weighted by molar-refractivity contribution is 0.218. The van der Waals surface area contributed by atoms with E-state index < -0.39 is 20.0 Å². The van der Waals surface area contributed by atoms with E-state index in [4.69, 9.17) is 9.47 Å². The molecule has 0 amide bonds. The average Bonchev–Trinajstić information content (AvgIpc) is 2.90. The third-order valence-corrected chi connectivity index (χ3v) is 10.8. The van der Waals surface area contributed by atoms with E-state index in [1.54, 1.807) is 62.8 Å². The average molecular weight is 551 g/mol. The van der Waals surface area contributed by atoms with Gasteiger partial charge >= 0.3 is 0 Å². The third-order valence-electron chi connectivity index (χ3n) is 7.74. The fraction of sp³-hybridized carbons (Fsp3) is 0.556. The molecule has 2 aliphatic rings. The molecule has 0 radical (unpaired) electrons. The van der Waals surface area contributed by atoms with Gasteiger partial charge in [-0.25, -0.2) is 26.3 Å². The molecule has 204 valence electrons. The minimum absolute atomic E-state index is 0.0357. The van der Waals surface area contributed by atoms with Crippen molar-refractivity contribution in [2.45, 2.75) is 79.7 Å². The van der Waals surface area contributed by atoms with Gasteiger partial charge in [-0.3, -0.25) is 0 Å². The van der Waals surface area contributed by atoms with Crippen molar-refractivity contribution in [2.24, 2.45) is 11.8 Å². The van der Waals surface area contributed by atoms with E-state index in [-0.39, 0.29) is 21.9 Å². The number of hydrogen-bond donors (Lipinski definition) is 2. The molecule has 8 nitrogen and oxygen atoms in total. The molecule has 0 spiro atoms. The van der Waals surface area contributed by atoms with Crippen molar-refractivity contribution in [1.82, 2.24) is 9.44 Å². The van der Waals surface area contributed by atoms with Crippen molar-refractivity contribution < 1.29 is 26.3 Å². The molecule has 0 saturated heterocycles. The van der Waals surface area contributed by atoms with Crippen LogP contribution in [0.25, 0.3) is 0 Å². The lowest BCUT2D eigenvalue weighted by Crippen LogP contribution is -2.39. The molecule has 2 saturated carbocycles. The largest absolute Gasteiger partial charge is 0.497 e. The zero-order valence-electron chi connectivity index (χ0n) is 21.6. The highest BCUT2D eigenvalue weighted by atomic mass is 32.2. The monoisotopic (exact) mass is 550 g/mol. The van der Waals surface area contributed by atoms with Gasteiger partial charge in [-0.2, -0.15) is 0 Å². The third kappa shape index (κ3) is 7.46. The summed E-state index contributed by atoms with van der Waals surface area (Å²) in [4.78, 5) is 0.518. The highest BCUT2D eigenvalue weighted by Gasteiger charge is 2.30. The maximum Gasteiger partial charge on any atom is 0.240 e. The standard InChI is InChI=1S/C27H38N2O6S2/c1-34-24-11-15-26(16-12-24)36(30,31)28-22-7-3-20(4-8-22)19-21-5-9-23(10-6-21)29-37(32,33)27-17-13-25(35-2)14-18-27/h11-18,20-23,28-29H,3-10,19H2,1-2H3. The number of rotatable bonds is 10. The fourth-order valence-corrected chi connectivity index (χ4v) is 8.20. The Morgan fingerprint density at radius 3 is 1.22 bits per heavy atom. The molecule has 0 bridgehead atoms. The van der Waals surface area contributed by atoms with Crippen LogP contribution in [-0.2, 0) is 20.0 Å². The summed E-state index contributed by atoms with van der Waals surface area (Å²) in [7, 11) is -3.98. The Hall–Kier alpha value is -2.14. The summed E-state index contributed by atoms with van der Waals surface area (Å²) < 4.78 is 66.9. The molecule has 2 N–H and O–H groups in total. The van der Waals surface area contributed by atoms with E-state index in [9.17, 15) is 16.8 Å². The molecule has 2 fully saturated rings. The highest BCUT2D eigenvalue weighted by Crippen LogP contribution is 2.36. The van der Waals surface area contributed by atoms with Crippen LogP contribution in [0.15, 0.2) is 58.3 Å². The Bertz CT molecular complexity index is 1120. The van der Waals surface area contributed by atoms with Crippen LogP contribution >= 0.6 is 0 Å². The van der Waals surface area contributed by atoms with Crippen molar-refractivity contribution in [2.75, 3.05) is 14.2 Å². The maximum absolute atomic E-state index is 12.7. The predicted octanol–water partition coefficient (Wildman–Crippen LogP) is 4.47. The summed E-state index contributed by atoms with van der Waals surface area (Å²) in [6.45, 7) is 0. The van der Waals surface area contributed by atoms with Crippen molar-refractivity contribution in [3.63, 3.8) is 0 Å². The van der Waals surface area contributed by atoms with Crippen LogP contribution in [0, 0.1) is 11.8 Å². The van der Waals surface area contributed by atoms with E-state index in [0.29, 0.717) is 23.3 Å². The molecule has 0 aliphatic heterocycles. The van der Waals surface area contributed by atoms with Gasteiger partial charge in [0.05, 0.1) is 24.0 Å². The van der Waals surface area contributed by atoms with Gasteiger partial charge in [-0.15, -0.1) is 0 Å². The molecule has 2 aromatic carbocycles. The first-order valence-electron chi connectivity index (χ1n) is 13.0. The summed E-state index contributed by atoms with van der Waals surface area (Å²) >= 11 is 0. The van der Waals surface area contributed by atoms with Crippen LogP contribution in [0.2, 0.25) is 0 Å². The summed E-state index contributed by atoms with van der Waals surface area (Å²) in [6.07, 6.45) is 8.57. The van der Waals surface area contributed by atoms with E-state index in [2.05, 4.69) is 9.44 Å². The van der Waals surface area contributed by atoms with Crippen LogP contribution < -0.4 is 18.9 Å². The topological polar surface area (TPSA) is 111 Å². The first-order valence-corrected chi connectivity index (χ1v) is 16.0. The molecule has 2 aromatic rings. The Morgan fingerprint density at radius 2 is 0.919 bits per heavy atom. The minimum Gasteiger partial charge on any atom is -0.497 e. The smallest absolute Gasteiger partial charge is 0.240 e.